The topological polar surface area (TPSA) is 80.0 Å². The van der Waals surface area contributed by atoms with Gasteiger partial charge in [0, 0.05) is 5.69 Å². The summed E-state index contributed by atoms with van der Waals surface area (Å²) in [6.45, 7) is 5.28. The molecule has 0 fully saturated rings. The van der Waals surface area contributed by atoms with Gasteiger partial charge >= 0.3 is 0 Å². The maximum absolute atomic E-state index is 11.3. The highest BCUT2D eigenvalue weighted by molar-refractivity contribution is 5.93. The van der Waals surface area contributed by atoms with Crippen molar-refractivity contribution in [3.63, 3.8) is 0 Å². The molecule has 0 saturated carbocycles. The minimum atomic E-state index is -1.05. The summed E-state index contributed by atoms with van der Waals surface area (Å²) in [4.78, 5) is 15.6. The number of aryl methyl sites for hydroxylation is 2. The molecule has 2 aromatic rings. The number of hydrogen-bond donors (Lipinski definition) is 2. The predicted octanol–water partition coefficient (Wildman–Crippen LogP) is 1.20. The van der Waals surface area contributed by atoms with E-state index >= 15 is 0 Å². The van der Waals surface area contributed by atoms with Crippen molar-refractivity contribution in [3.8, 4) is 5.82 Å². The van der Waals surface area contributed by atoms with Gasteiger partial charge in [0.2, 0.25) is 0 Å². The lowest BCUT2D eigenvalue weighted by Crippen LogP contribution is -2.24. The molecular weight excluding hydrogens is 244 g/mol. The van der Waals surface area contributed by atoms with Gasteiger partial charge in [-0.2, -0.15) is 5.10 Å². The summed E-state index contributed by atoms with van der Waals surface area (Å²) in [7, 11) is 0. The van der Waals surface area contributed by atoms with Gasteiger partial charge in [-0.05, 0) is 39.0 Å². The largest absolute Gasteiger partial charge is 0.384 e. The fourth-order valence-electron chi connectivity index (χ4n) is 1.69. The van der Waals surface area contributed by atoms with Crippen LogP contribution in [0.2, 0.25) is 0 Å². The van der Waals surface area contributed by atoms with Crippen LogP contribution in [0.3, 0.4) is 0 Å². The normalized spacial score (nSPS) is 12.2. The lowest BCUT2D eigenvalue weighted by atomic mass is 10.3. The Bertz CT molecular complexity index is 587. The van der Waals surface area contributed by atoms with Crippen molar-refractivity contribution in [1.29, 1.82) is 0 Å². The van der Waals surface area contributed by atoms with Crippen molar-refractivity contribution in [3.05, 3.63) is 35.8 Å². The maximum Gasteiger partial charge on any atom is 0.252 e. The van der Waals surface area contributed by atoms with Gasteiger partial charge in [-0.3, -0.25) is 4.79 Å². The summed E-state index contributed by atoms with van der Waals surface area (Å²) >= 11 is 0. The molecule has 0 aliphatic heterocycles. The lowest BCUT2D eigenvalue weighted by molar-refractivity contribution is -0.123. The first kappa shape index (κ1) is 13.2. The van der Waals surface area contributed by atoms with Crippen LogP contribution in [-0.4, -0.2) is 31.9 Å². The van der Waals surface area contributed by atoms with E-state index in [0.717, 1.165) is 11.4 Å². The van der Waals surface area contributed by atoms with Crippen LogP contribution in [0.1, 0.15) is 18.3 Å². The third kappa shape index (κ3) is 2.97. The van der Waals surface area contributed by atoms with Gasteiger partial charge in [-0.15, -0.1) is 0 Å². The van der Waals surface area contributed by atoms with Crippen LogP contribution in [0, 0.1) is 13.8 Å². The highest BCUT2D eigenvalue weighted by Gasteiger charge is 2.09. The van der Waals surface area contributed by atoms with Crippen LogP contribution in [0.15, 0.2) is 24.4 Å². The average Bonchev–Trinajstić information content (AvgIpc) is 2.69. The Morgan fingerprint density at radius 1 is 1.42 bits per heavy atom. The van der Waals surface area contributed by atoms with Gasteiger partial charge < -0.3 is 10.4 Å². The van der Waals surface area contributed by atoms with Crippen LogP contribution < -0.4 is 5.32 Å². The molecule has 2 aromatic heterocycles. The standard InChI is InChI=1S/C13H16N4O2/c1-8-6-9(2)17(16-8)12-5-4-11(7-14-12)15-13(19)10(3)18/h4-7,10,18H,1-3H3,(H,15,19). The van der Waals surface area contributed by atoms with Crippen LogP contribution in [0.4, 0.5) is 5.69 Å². The number of aliphatic hydroxyl groups excluding tert-OH is 1. The van der Waals surface area contributed by atoms with E-state index in [1.165, 1.54) is 13.1 Å². The zero-order valence-electron chi connectivity index (χ0n) is 11.1. The molecule has 0 aromatic carbocycles. The number of pyridine rings is 1. The number of carbonyl (C=O) groups excluding carboxylic acids is 1. The van der Waals surface area contributed by atoms with Gasteiger partial charge in [0.15, 0.2) is 5.82 Å². The number of hydrogen-bond acceptors (Lipinski definition) is 4. The number of nitrogens with zero attached hydrogens (tertiary/aromatic N) is 3. The number of anilines is 1. The van der Waals surface area contributed by atoms with Crippen molar-refractivity contribution in [2.45, 2.75) is 26.9 Å². The first-order valence-electron chi connectivity index (χ1n) is 5.96. The molecule has 100 valence electrons. The lowest BCUT2D eigenvalue weighted by Gasteiger charge is -2.08. The highest BCUT2D eigenvalue weighted by Crippen LogP contribution is 2.12. The van der Waals surface area contributed by atoms with E-state index in [2.05, 4.69) is 15.4 Å². The van der Waals surface area contributed by atoms with E-state index < -0.39 is 12.0 Å². The minimum Gasteiger partial charge on any atom is -0.384 e. The first-order chi connectivity index (χ1) is 8.97. The zero-order chi connectivity index (χ0) is 14.0. The molecule has 0 aliphatic carbocycles. The van der Waals surface area contributed by atoms with E-state index in [1.807, 2.05) is 19.9 Å². The number of aliphatic hydroxyl groups is 1. The molecule has 0 radical (unpaired) electrons. The second-order valence-corrected chi connectivity index (χ2v) is 4.41. The molecule has 0 spiro atoms. The Hall–Kier alpha value is -2.21. The van der Waals surface area contributed by atoms with Crippen molar-refractivity contribution in [2.24, 2.45) is 0 Å². The molecule has 0 aliphatic rings. The molecule has 2 rings (SSSR count). The summed E-state index contributed by atoms with van der Waals surface area (Å²) in [5.41, 5.74) is 2.45. The van der Waals surface area contributed by atoms with Crippen LogP contribution in [-0.2, 0) is 4.79 Å². The fraction of sp³-hybridized carbons (Fsp3) is 0.308. The molecule has 1 unspecified atom stereocenters. The highest BCUT2D eigenvalue weighted by atomic mass is 16.3. The van der Waals surface area contributed by atoms with E-state index in [-0.39, 0.29) is 0 Å². The summed E-state index contributed by atoms with van der Waals surface area (Å²) in [5, 5.41) is 16.0. The van der Waals surface area contributed by atoms with Crippen molar-refractivity contribution in [1.82, 2.24) is 14.8 Å². The Kier molecular flexibility index (Phi) is 3.62. The summed E-state index contributed by atoms with van der Waals surface area (Å²) in [5.74, 6) is 0.223. The number of aromatic nitrogens is 3. The zero-order valence-corrected chi connectivity index (χ0v) is 11.1. The maximum atomic E-state index is 11.3. The molecule has 2 heterocycles. The minimum absolute atomic E-state index is 0.458. The molecule has 1 atom stereocenters. The van der Waals surface area contributed by atoms with E-state index in [0.29, 0.717) is 11.5 Å². The Labute approximate surface area is 111 Å². The quantitative estimate of drug-likeness (QED) is 0.869. The second-order valence-electron chi connectivity index (χ2n) is 4.41. The number of nitrogens with one attached hydrogen (secondary N) is 1. The fourth-order valence-corrected chi connectivity index (χ4v) is 1.69. The molecule has 19 heavy (non-hydrogen) atoms. The van der Waals surface area contributed by atoms with Crippen LogP contribution in [0.5, 0.6) is 0 Å². The van der Waals surface area contributed by atoms with Crippen molar-refractivity contribution in [2.75, 3.05) is 5.32 Å². The van der Waals surface area contributed by atoms with Gasteiger partial charge in [0.1, 0.15) is 6.10 Å². The molecule has 0 saturated heterocycles. The van der Waals surface area contributed by atoms with Crippen molar-refractivity contribution < 1.29 is 9.90 Å². The monoisotopic (exact) mass is 260 g/mol. The van der Waals surface area contributed by atoms with Gasteiger partial charge in [-0.1, -0.05) is 0 Å². The molecular formula is C13H16N4O2. The van der Waals surface area contributed by atoms with E-state index in [4.69, 9.17) is 5.11 Å². The summed E-state index contributed by atoms with van der Waals surface area (Å²) < 4.78 is 1.73. The average molecular weight is 260 g/mol. The van der Waals surface area contributed by atoms with Crippen LogP contribution >= 0.6 is 0 Å². The third-order valence-corrected chi connectivity index (χ3v) is 2.62. The number of rotatable bonds is 3. The van der Waals surface area contributed by atoms with Gasteiger partial charge in [0.25, 0.3) is 5.91 Å². The molecule has 6 heteroatoms. The molecule has 6 nitrogen and oxygen atoms in total. The Morgan fingerprint density at radius 2 is 2.16 bits per heavy atom. The summed E-state index contributed by atoms with van der Waals surface area (Å²) in [6.07, 6.45) is 0.488. The van der Waals surface area contributed by atoms with E-state index in [1.54, 1.807) is 16.8 Å². The Balaban J connectivity index is 2.19. The number of carbonyl (C=O) groups is 1. The van der Waals surface area contributed by atoms with Gasteiger partial charge in [-0.25, -0.2) is 9.67 Å². The van der Waals surface area contributed by atoms with E-state index in [9.17, 15) is 4.79 Å². The second kappa shape index (κ2) is 5.19. The first-order valence-corrected chi connectivity index (χ1v) is 5.96. The van der Waals surface area contributed by atoms with Crippen molar-refractivity contribution >= 4 is 11.6 Å². The summed E-state index contributed by atoms with van der Waals surface area (Å²) in [6, 6.07) is 5.45. The predicted molar refractivity (Wildman–Crippen MR) is 71.1 cm³/mol. The molecule has 0 bridgehead atoms. The van der Waals surface area contributed by atoms with Gasteiger partial charge in [0.05, 0.1) is 17.6 Å². The third-order valence-electron chi connectivity index (χ3n) is 2.62. The number of amides is 1. The smallest absolute Gasteiger partial charge is 0.252 e. The molecule has 1 amide bonds. The Morgan fingerprint density at radius 3 is 2.63 bits per heavy atom. The SMILES string of the molecule is Cc1cc(C)n(-c2ccc(NC(=O)C(C)O)cn2)n1. The van der Waals surface area contributed by atoms with Crippen LogP contribution in [0.25, 0.3) is 5.82 Å². The molecule has 2 N–H and O–H groups in total.